The number of ether oxygens (including phenoxy) is 1. The maximum Gasteiger partial charge on any atom is 0.272 e. The lowest BCUT2D eigenvalue weighted by molar-refractivity contribution is -0.119. The fourth-order valence-corrected chi connectivity index (χ4v) is 3.51. The summed E-state index contributed by atoms with van der Waals surface area (Å²) in [5, 5.41) is 3.25. The minimum atomic E-state index is -0.150. The van der Waals surface area contributed by atoms with E-state index in [1.807, 2.05) is 18.2 Å². The molecule has 1 N–H and O–H groups in total. The number of piperazine rings is 1. The fourth-order valence-electron chi connectivity index (χ4n) is 3.51. The number of hydrogen-bond donors (Lipinski definition) is 1. The molecule has 2 amide bonds. The summed E-state index contributed by atoms with van der Waals surface area (Å²) < 4.78 is 5.44. The number of hydrogen-bond acceptors (Lipinski definition) is 7. The average molecular weight is 396 g/mol. The minimum Gasteiger partial charge on any atom is -0.378 e. The van der Waals surface area contributed by atoms with Crippen molar-refractivity contribution in [3.8, 4) is 0 Å². The molecule has 1 aromatic heterocycles. The Morgan fingerprint density at radius 1 is 1.03 bits per heavy atom. The number of carbonyl (C=O) groups is 2. The molecule has 0 bridgehead atoms. The lowest BCUT2D eigenvalue weighted by Gasteiger charge is -2.32. The molecule has 152 valence electrons. The van der Waals surface area contributed by atoms with Crippen molar-refractivity contribution in [2.24, 2.45) is 0 Å². The van der Waals surface area contributed by atoms with Gasteiger partial charge < -0.3 is 24.8 Å². The molecule has 0 atom stereocenters. The molecule has 0 aliphatic carbocycles. The van der Waals surface area contributed by atoms with Crippen LogP contribution < -0.4 is 10.2 Å². The number of benzene rings is 1. The second-order valence-electron chi connectivity index (χ2n) is 6.94. The van der Waals surface area contributed by atoms with Crippen LogP contribution in [0, 0.1) is 0 Å². The summed E-state index contributed by atoms with van der Waals surface area (Å²) in [5.74, 6) is 0.227. The van der Waals surface area contributed by atoms with Crippen molar-refractivity contribution in [1.29, 1.82) is 0 Å². The maximum absolute atomic E-state index is 12.8. The number of morpholine rings is 1. The Kier molecular flexibility index (Phi) is 5.85. The molecule has 1 aromatic carbocycles. The Morgan fingerprint density at radius 2 is 1.79 bits per heavy atom. The third-order valence-corrected chi connectivity index (χ3v) is 5.13. The number of para-hydroxylation sites is 2. The third-order valence-electron chi connectivity index (χ3n) is 5.13. The second-order valence-corrected chi connectivity index (χ2v) is 6.94. The molecule has 3 heterocycles. The van der Waals surface area contributed by atoms with Crippen LogP contribution in [-0.2, 0) is 9.53 Å². The molecule has 2 fully saturated rings. The standard InChI is InChI=1S/C20H24N6O3/c27-15-24-7-9-26(10-8-24)19(28)17-5-6-21-20(23-17)22-16-3-1-2-4-18(16)25-11-13-29-14-12-25/h1-6,15H,7-14H2,(H,21,22,23). The van der Waals surface area contributed by atoms with E-state index in [1.165, 1.54) is 0 Å². The number of rotatable bonds is 5. The summed E-state index contributed by atoms with van der Waals surface area (Å²) in [4.78, 5) is 38.0. The van der Waals surface area contributed by atoms with Gasteiger partial charge in [0.05, 0.1) is 24.6 Å². The Bertz CT molecular complexity index is 863. The van der Waals surface area contributed by atoms with Crippen molar-refractivity contribution in [2.45, 2.75) is 0 Å². The van der Waals surface area contributed by atoms with Crippen molar-refractivity contribution < 1.29 is 14.3 Å². The molecule has 2 aliphatic heterocycles. The van der Waals surface area contributed by atoms with Gasteiger partial charge >= 0.3 is 0 Å². The van der Waals surface area contributed by atoms with Gasteiger partial charge in [-0.1, -0.05) is 12.1 Å². The third kappa shape index (κ3) is 4.45. The van der Waals surface area contributed by atoms with Crippen molar-refractivity contribution in [3.63, 3.8) is 0 Å². The van der Waals surface area contributed by atoms with Gasteiger partial charge in [-0.25, -0.2) is 9.97 Å². The van der Waals surface area contributed by atoms with Crippen LogP contribution in [0.15, 0.2) is 36.5 Å². The number of anilines is 3. The predicted molar refractivity (Wildman–Crippen MR) is 108 cm³/mol. The number of amides is 2. The first-order valence-corrected chi connectivity index (χ1v) is 9.75. The first-order valence-electron chi connectivity index (χ1n) is 9.75. The Morgan fingerprint density at radius 3 is 2.55 bits per heavy atom. The van der Waals surface area contributed by atoms with E-state index in [1.54, 1.807) is 22.1 Å². The summed E-state index contributed by atoms with van der Waals surface area (Å²) in [6.07, 6.45) is 2.40. The smallest absolute Gasteiger partial charge is 0.272 e. The zero-order valence-corrected chi connectivity index (χ0v) is 16.2. The molecule has 2 saturated heterocycles. The van der Waals surface area contributed by atoms with Crippen LogP contribution in [-0.4, -0.2) is 84.6 Å². The molecule has 0 radical (unpaired) electrons. The molecular formula is C20H24N6O3. The van der Waals surface area contributed by atoms with Crippen molar-refractivity contribution in [3.05, 3.63) is 42.2 Å². The van der Waals surface area contributed by atoms with E-state index in [-0.39, 0.29) is 5.91 Å². The van der Waals surface area contributed by atoms with Gasteiger partial charge in [-0.2, -0.15) is 0 Å². The van der Waals surface area contributed by atoms with Gasteiger partial charge in [0.1, 0.15) is 5.69 Å². The lowest BCUT2D eigenvalue weighted by Crippen LogP contribution is -2.48. The van der Waals surface area contributed by atoms with Gasteiger partial charge in [0.2, 0.25) is 12.4 Å². The van der Waals surface area contributed by atoms with Crippen LogP contribution in [0.4, 0.5) is 17.3 Å². The van der Waals surface area contributed by atoms with Crippen LogP contribution in [0.5, 0.6) is 0 Å². The number of carbonyl (C=O) groups excluding carboxylic acids is 2. The van der Waals surface area contributed by atoms with Crippen LogP contribution in [0.1, 0.15) is 10.5 Å². The second kappa shape index (κ2) is 8.87. The molecule has 0 unspecified atom stereocenters. The zero-order valence-electron chi connectivity index (χ0n) is 16.2. The van der Waals surface area contributed by atoms with Crippen LogP contribution in [0.25, 0.3) is 0 Å². The Labute approximate surface area is 169 Å². The van der Waals surface area contributed by atoms with Crippen molar-refractivity contribution in [1.82, 2.24) is 19.8 Å². The van der Waals surface area contributed by atoms with Crippen molar-refractivity contribution >= 4 is 29.6 Å². The number of aromatic nitrogens is 2. The molecule has 4 rings (SSSR count). The SMILES string of the molecule is O=CN1CCN(C(=O)c2ccnc(Nc3ccccc3N3CCOCC3)n2)CC1. The summed E-state index contributed by atoms with van der Waals surface area (Å²) in [7, 11) is 0. The average Bonchev–Trinajstić information content (AvgIpc) is 2.80. The van der Waals surface area contributed by atoms with Crippen LogP contribution >= 0.6 is 0 Å². The van der Waals surface area contributed by atoms with Crippen LogP contribution in [0.3, 0.4) is 0 Å². The van der Waals surface area contributed by atoms with Gasteiger partial charge in [-0.3, -0.25) is 9.59 Å². The quantitative estimate of drug-likeness (QED) is 0.753. The highest BCUT2D eigenvalue weighted by Crippen LogP contribution is 2.28. The molecule has 9 heteroatoms. The first-order chi connectivity index (χ1) is 14.2. The Hall–Kier alpha value is -3.20. The molecule has 2 aliphatic rings. The largest absolute Gasteiger partial charge is 0.378 e. The molecule has 29 heavy (non-hydrogen) atoms. The lowest BCUT2D eigenvalue weighted by atomic mass is 10.2. The topological polar surface area (TPSA) is 90.9 Å². The van der Waals surface area contributed by atoms with E-state index in [0.717, 1.165) is 30.9 Å². The maximum atomic E-state index is 12.8. The summed E-state index contributed by atoms with van der Waals surface area (Å²) in [6, 6.07) is 9.59. The summed E-state index contributed by atoms with van der Waals surface area (Å²) in [5.41, 5.74) is 2.28. The highest BCUT2D eigenvalue weighted by Gasteiger charge is 2.23. The van der Waals surface area contributed by atoms with E-state index >= 15 is 0 Å². The van der Waals surface area contributed by atoms with Gasteiger partial charge in [-0.05, 0) is 18.2 Å². The van der Waals surface area contributed by atoms with E-state index in [9.17, 15) is 9.59 Å². The monoisotopic (exact) mass is 396 g/mol. The first kappa shape index (κ1) is 19.1. The fraction of sp³-hybridized carbons (Fsp3) is 0.400. The van der Waals surface area contributed by atoms with Gasteiger partial charge in [0.15, 0.2) is 0 Å². The van der Waals surface area contributed by atoms with E-state index < -0.39 is 0 Å². The molecule has 0 saturated carbocycles. The normalized spacial score (nSPS) is 17.2. The predicted octanol–water partition coefficient (Wildman–Crippen LogP) is 0.971. The van der Waals surface area contributed by atoms with Gasteiger partial charge in [0.25, 0.3) is 5.91 Å². The van der Waals surface area contributed by atoms with Gasteiger partial charge in [0, 0.05) is 45.5 Å². The summed E-state index contributed by atoms with van der Waals surface area (Å²) >= 11 is 0. The number of nitrogens with one attached hydrogen (secondary N) is 1. The highest BCUT2D eigenvalue weighted by molar-refractivity contribution is 5.92. The van der Waals surface area contributed by atoms with E-state index in [4.69, 9.17) is 4.74 Å². The van der Waals surface area contributed by atoms with E-state index in [2.05, 4.69) is 26.3 Å². The zero-order chi connectivity index (χ0) is 20.1. The highest BCUT2D eigenvalue weighted by atomic mass is 16.5. The minimum absolute atomic E-state index is 0.150. The molecular weight excluding hydrogens is 372 g/mol. The molecule has 2 aromatic rings. The van der Waals surface area contributed by atoms with Crippen LogP contribution in [0.2, 0.25) is 0 Å². The number of nitrogens with zero attached hydrogens (tertiary/aromatic N) is 5. The molecule has 9 nitrogen and oxygen atoms in total. The van der Waals surface area contributed by atoms with Crippen molar-refractivity contribution in [2.75, 3.05) is 62.7 Å². The Balaban J connectivity index is 1.48. The van der Waals surface area contributed by atoms with Gasteiger partial charge in [-0.15, -0.1) is 0 Å². The summed E-state index contributed by atoms with van der Waals surface area (Å²) in [6.45, 7) is 5.14. The van der Waals surface area contributed by atoms with E-state index in [0.29, 0.717) is 51.0 Å². The molecule has 0 spiro atoms.